The molecule has 4 heteroatoms. The molecule has 94 valence electrons. The van der Waals surface area contributed by atoms with Crippen molar-refractivity contribution in [3.63, 3.8) is 0 Å². The number of carbonyl (C=O) groups is 1. The number of hydrogen-bond acceptors (Lipinski definition) is 4. The lowest BCUT2D eigenvalue weighted by Gasteiger charge is -2.36. The fraction of sp³-hybridized carbons (Fsp3) is 0.917. The van der Waals surface area contributed by atoms with Gasteiger partial charge in [-0.2, -0.15) is 0 Å². The van der Waals surface area contributed by atoms with Crippen LogP contribution in [0.25, 0.3) is 0 Å². The molecule has 1 saturated heterocycles. The van der Waals surface area contributed by atoms with Crippen LogP contribution in [0.5, 0.6) is 0 Å². The van der Waals surface area contributed by atoms with Crippen molar-refractivity contribution >= 4 is 5.97 Å². The minimum Gasteiger partial charge on any atom is -0.466 e. The second-order valence-corrected chi connectivity index (χ2v) is 4.44. The van der Waals surface area contributed by atoms with Crippen molar-refractivity contribution in [1.29, 1.82) is 0 Å². The number of rotatable bonds is 5. The molecular weight excluding hydrogens is 208 g/mol. The highest BCUT2D eigenvalue weighted by Gasteiger charge is 2.37. The SMILES string of the molecule is CCCC1CC(O)(CC(=O)OCC)CCO1. The summed E-state index contributed by atoms with van der Waals surface area (Å²) in [6, 6.07) is 0. The molecule has 1 aliphatic heterocycles. The smallest absolute Gasteiger partial charge is 0.308 e. The molecule has 1 rings (SSSR count). The molecule has 0 saturated carbocycles. The number of esters is 1. The third-order valence-corrected chi connectivity index (χ3v) is 2.92. The predicted molar refractivity (Wildman–Crippen MR) is 60.1 cm³/mol. The normalized spacial score (nSPS) is 30.1. The Morgan fingerprint density at radius 2 is 2.31 bits per heavy atom. The number of hydrogen-bond donors (Lipinski definition) is 1. The van der Waals surface area contributed by atoms with Crippen LogP contribution >= 0.6 is 0 Å². The summed E-state index contributed by atoms with van der Waals surface area (Å²) in [5.41, 5.74) is -0.926. The van der Waals surface area contributed by atoms with Crippen LogP contribution in [-0.2, 0) is 14.3 Å². The lowest BCUT2D eigenvalue weighted by Crippen LogP contribution is -2.42. The fourth-order valence-electron chi connectivity index (χ4n) is 2.15. The Labute approximate surface area is 96.9 Å². The van der Waals surface area contributed by atoms with Crippen molar-refractivity contribution < 1.29 is 19.4 Å². The number of aliphatic hydroxyl groups is 1. The summed E-state index contributed by atoms with van der Waals surface area (Å²) < 4.78 is 10.4. The van der Waals surface area contributed by atoms with E-state index in [2.05, 4.69) is 6.92 Å². The summed E-state index contributed by atoms with van der Waals surface area (Å²) in [5.74, 6) is -0.317. The molecule has 1 heterocycles. The first kappa shape index (κ1) is 13.5. The van der Waals surface area contributed by atoms with E-state index in [-0.39, 0.29) is 18.5 Å². The first-order valence-electron chi connectivity index (χ1n) is 6.09. The van der Waals surface area contributed by atoms with E-state index in [1.165, 1.54) is 0 Å². The summed E-state index contributed by atoms with van der Waals surface area (Å²) in [6.07, 6.45) is 3.19. The van der Waals surface area contributed by atoms with Crippen LogP contribution in [0.4, 0.5) is 0 Å². The Morgan fingerprint density at radius 1 is 1.56 bits per heavy atom. The first-order chi connectivity index (χ1) is 7.59. The second-order valence-electron chi connectivity index (χ2n) is 4.44. The molecular formula is C12H22O4. The van der Waals surface area contributed by atoms with Gasteiger partial charge in [0.1, 0.15) is 0 Å². The van der Waals surface area contributed by atoms with Crippen molar-refractivity contribution in [3.8, 4) is 0 Å². The van der Waals surface area contributed by atoms with Crippen molar-refractivity contribution in [2.45, 2.75) is 57.7 Å². The van der Waals surface area contributed by atoms with Crippen LogP contribution in [0, 0.1) is 0 Å². The Balaban J connectivity index is 2.45. The van der Waals surface area contributed by atoms with E-state index in [1.54, 1.807) is 6.92 Å². The topological polar surface area (TPSA) is 55.8 Å². The molecule has 0 aromatic heterocycles. The zero-order chi connectivity index (χ0) is 12.0. The van der Waals surface area contributed by atoms with Gasteiger partial charge in [-0.25, -0.2) is 0 Å². The third kappa shape index (κ3) is 4.10. The van der Waals surface area contributed by atoms with Gasteiger partial charge in [-0.1, -0.05) is 13.3 Å². The summed E-state index contributed by atoms with van der Waals surface area (Å²) in [5, 5.41) is 10.3. The van der Waals surface area contributed by atoms with Crippen LogP contribution in [-0.4, -0.2) is 36.0 Å². The average Bonchev–Trinajstić information content (AvgIpc) is 2.17. The molecule has 0 aromatic rings. The molecule has 4 nitrogen and oxygen atoms in total. The molecule has 1 aliphatic rings. The molecule has 1 N–H and O–H groups in total. The van der Waals surface area contributed by atoms with Gasteiger partial charge in [0.2, 0.25) is 0 Å². The van der Waals surface area contributed by atoms with E-state index in [4.69, 9.17) is 9.47 Å². The Hall–Kier alpha value is -0.610. The van der Waals surface area contributed by atoms with Crippen molar-refractivity contribution in [2.75, 3.05) is 13.2 Å². The van der Waals surface area contributed by atoms with Crippen molar-refractivity contribution in [1.82, 2.24) is 0 Å². The van der Waals surface area contributed by atoms with Gasteiger partial charge in [-0.05, 0) is 13.3 Å². The van der Waals surface area contributed by atoms with Gasteiger partial charge in [0.25, 0.3) is 0 Å². The molecule has 2 atom stereocenters. The van der Waals surface area contributed by atoms with Crippen LogP contribution in [0.15, 0.2) is 0 Å². The van der Waals surface area contributed by atoms with Crippen LogP contribution in [0.2, 0.25) is 0 Å². The molecule has 0 radical (unpaired) electrons. The molecule has 0 amide bonds. The Morgan fingerprint density at radius 3 is 2.94 bits per heavy atom. The van der Waals surface area contributed by atoms with Gasteiger partial charge in [-0.15, -0.1) is 0 Å². The molecule has 16 heavy (non-hydrogen) atoms. The van der Waals surface area contributed by atoms with Crippen molar-refractivity contribution in [2.24, 2.45) is 0 Å². The average molecular weight is 230 g/mol. The maximum Gasteiger partial charge on any atom is 0.308 e. The van der Waals surface area contributed by atoms with Gasteiger partial charge in [0.05, 0.1) is 24.7 Å². The highest BCUT2D eigenvalue weighted by Crippen LogP contribution is 2.30. The Bertz CT molecular complexity index is 227. The van der Waals surface area contributed by atoms with E-state index in [9.17, 15) is 9.90 Å². The van der Waals surface area contributed by atoms with E-state index in [0.717, 1.165) is 12.8 Å². The predicted octanol–water partition coefficient (Wildman–Crippen LogP) is 1.65. The van der Waals surface area contributed by atoms with Gasteiger partial charge in [0.15, 0.2) is 0 Å². The molecule has 0 aromatic carbocycles. The lowest BCUT2D eigenvalue weighted by atomic mass is 9.86. The molecule has 0 aliphatic carbocycles. The summed E-state index contributed by atoms with van der Waals surface area (Å²) >= 11 is 0. The van der Waals surface area contributed by atoms with Crippen molar-refractivity contribution in [3.05, 3.63) is 0 Å². The van der Waals surface area contributed by atoms with Crippen LogP contribution < -0.4 is 0 Å². The summed E-state index contributed by atoms with van der Waals surface area (Å²) in [4.78, 5) is 11.4. The largest absolute Gasteiger partial charge is 0.466 e. The highest BCUT2D eigenvalue weighted by atomic mass is 16.5. The maximum absolute atomic E-state index is 11.4. The minimum atomic E-state index is -0.926. The molecule has 0 bridgehead atoms. The van der Waals surface area contributed by atoms with E-state index >= 15 is 0 Å². The number of ether oxygens (including phenoxy) is 2. The highest BCUT2D eigenvalue weighted by molar-refractivity contribution is 5.70. The standard InChI is InChI=1S/C12H22O4/c1-3-5-10-8-12(14,6-7-16-10)9-11(13)15-4-2/h10,14H,3-9H2,1-2H3. The van der Waals surface area contributed by atoms with Gasteiger partial charge in [0, 0.05) is 19.4 Å². The first-order valence-corrected chi connectivity index (χ1v) is 6.09. The maximum atomic E-state index is 11.4. The molecule has 1 fully saturated rings. The van der Waals surface area contributed by atoms with Gasteiger partial charge < -0.3 is 14.6 Å². The van der Waals surface area contributed by atoms with E-state index in [0.29, 0.717) is 26.1 Å². The second kappa shape index (κ2) is 6.21. The minimum absolute atomic E-state index is 0.0816. The van der Waals surface area contributed by atoms with Gasteiger partial charge >= 0.3 is 5.97 Å². The van der Waals surface area contributed by atoms with Crippen LogP contribution in [0.3, 0.4) is 0 Å². The fourth-order valence-corrected chi connectivity index (χ4v) is 2.15. The third-order valence-electron chi connectivity index (χ3n) is 2.92. The zero-order valence-electron chi connectivity index (χ0n) is 10.2. The quantitative estimate of drug-likeness (QED) is 0.730. The lowest BCUT2D eigenvalue weighted by molar-refractivity contribution is -0.156. The zero-order valence-corrected chi connectivity index (χ0v) is 10.2. The summed E-state index contributed by atoms with van der Waals surface area (Å²) in [7, 11) is 0. The monoisotopic (exact) mass is 230 g/mol. The number of carbonyl (C=O) groups excluding carboxylic acids is 1. The summed E-state index contributed by atoms with van der Waals surface area (Å²) in [6.45, 7) is 4.75. The van der Waals surface area contributed by atoms with Crippen LogP contribution in [0.1, 0.15) is 46.0 Å². The van der Waals surface area contributed by atoms with Gasteiger partial charge in [-0.3, -0.25) is 4.79 Å². The molecule has 2 unspecified atom stereocenters. The Kier molecular flexibility index (Phi) is 5.22. The molecule has 0 spiro atoms. The van der Waals surface area contributed by atoms with E-state index < -0.39 is 5.60 Å². The van der Waals surface area contributed by atoms with E-state index in [1.807, 2.05) is 0 Å².